The number of benzene rings is 1. The molecule has 1 fully saturated rings. The Kier molecular flexibility index (Phi) is 2.77. The van der Waals surface area contributed by atoms with Crippen molar-refractivity contribution in [1.29, 1.82) is 0 Å². The normalized spacial score (nSPS) is 24.4. The maximum Gasteiger partial charge on any atom is 0.255 e. The standard InChI is InChI=1S/C15H20N2O/c1-17-9-12(10-5-2-3-6-10)11-7-4-8-13(16)14(11)15(17)18/h4,7-8,10,12H,2-3,5-6,9,16H2,1H3. The molecule has 1 amide bonds. The maximum absolute atomic E-state index is 12.2. The number of nitrogen functional groups attached to an aromatic ring is 1. The molecule has 3 heteroatoms. The van der Waals surface area contributed by atoms with Gasteiger partial charge in [0.25, 0.3) is 5.91 Å². The lowest BCUT2D eigenvalue weighted by Gasteiger charge is -2.35. The predicted octanol–water partition coefficient (Wildman–Crippen LogP) is 2.63. The van der Waals surface area contributed by atoms with E-state index in [9.17, 15) is 4.79 Å². The second-order valence-electron chi connectivity index (χ2n) is 5.65. The summed E-state index contributed by atoms with van der Waals surface area (Å²) in [6.07, 6.45) is 5.24. The van der Waals surface area contributed by atoms with Crippen molar-refractivity contribution >= 4 is 11.6 Å². The van der Waals surface area contributed by atoms with E-state index >= 15 is 0 Å². The molecular weight excluding hydrogens is 224 g/mol. The van der Waals surface area contributed by atoms with Crippen molar-refractivity contribution in [1.82, 2.24) is 4.90 Å². The van der Waals surface area contributed by atoms with Crippen molar-refractivity contribution in [2.24, 2.45) is 5.92 Å². The van der Waals surface area contributed by atoms with E-state index in [4.69, 9.17) is 5.73 Å². The quantitative estimate of drug-likeness (QED) is 0.772. The first-order valence-corrected chi connectivity index (χ1v) is 6.82. The fourth-order valence-electron chi connectivity index (χ4n) is 3.57. The van der Waals surface area contributed by atoms with Gasteiger partial charge in [-0.1, -0.05) is 25.0 Å². The van der Waals surface area contributed by atoms with Gasteiger partial charge in [-0.15, -0.1) is 0 Å². The molecule has 0 aromatic heterocycles. The Bertz CT molecular complexity index is 477. The van der Waals surface area contributed by atoms with E-state index in [2.05, 4.69) is 6.07 Å². The zero-order valence-corrected chi connectivity index (χ0v) is 10.9. The molecule has 3 rings (SSSR count). The summed E-state index contributed by atoms with van der Waals surface area (Å²) in [6, 6.07) is 5.91. The van der Waals surface area contributed by atoms with Crippen LogP contribution in [0.4, 0.5) is 5.69 Å². The Morgan fingerprint density at radius 2 is 2.00 bits per heavy atom. The maximum atomic E-state index is 12.2. The van der Waals surface area contributed by atoms with E-state index in [0.29, 0.717) is 11.6 Å². The number of nitrogens with zero attached hydrogens (tertiary/aromatic N) is 1. The van der Waals surface area contributed by atoms with E-state index in [-0.39, 0.29) is 5.91 Å². The van der Waals surface area contributed by atoms with Gasteiger partial charge >= 0.3 is 0 Å². The van der Waals surface area contributed by atoms with Crippen LogP contribution in [0.1, 0.15) is 47.5 Å². The van der Waals surface area contributed by atoms with Crippen LogP contribution in [-0.2, 0) is 0 Å². The van der Waals surface area contributed by atoms with Crippen LogP contribution < -0.4 is 5.73 Å². The second kappa shape index (κ2) is 4.30. The van der Waals surface area contributed by atoms with Crippen molar-refractivity contribution in [3.8, 4) is 0 Å². The summed E-state index contributed by atoms with van der Waals surface area (Å²) >= 11 is 0. The Balaban J connectivity index is 2.06. The Hall–Kier alpha value is -1.51. The average Bonchev–Trinajstić information content (AvgIpc) is 2.87. The predicted molar refractivity (Wildman–Crippen MR) is 72.5 cm³/mol. The molecule has 1 aliphatic heterocycles. The Labute approximate surface area is 108 Å². The van der Waals surface area contributed by atoms with Crippen molar-refractivity contribution in [2.75, 3.05) is 19.3 Å². The fraction of sp³-hybridized carbons (Fsp3) is 0.533. The first-order chi connectivity index (χ1) is 8.68. The molecule has 1 unspecified atom stereocenters. The minimum atomic E-state index is 0.0809. The third kappa shape index (κ3) is 1.69. The molecule has 2 N–H and O–H groups in total. The number of fused-ring (bicyclic) bond motifs is 1. The lowest BCUT2D eigenvalue weighted by molar-refractivity contribution is 0.0751. The molecule has 2 aliphatic rings. The number of carbonyl (C=O) groups excluding carboxylic acids is 1. The molecule has 18 heavy (non-hydrogen) atoms. The van der Waals surface area contributed by atoms with Crippen molar-refractivity contribution < 1.29 is 4.79 Å². The number of hydrogen-bond acceptors (Lipinski definition) is 2. The van der Waals surface area contributed by atoms with Crippen LogP contribution in [0, 0.1) is 5.92 Å². The first-order valence-electron chi connectivity index (χ1n) is 6.82. The van der Waals surface area contributed by atoms with Crippen LogP contribution >= 0.6 is 0 Å². The smallest absolute Gasteiger partial charge is 0.255 e. The van der Waals surface area contributed by atoms with Crippen LogP contribution in [-0.4, -0.2) is 24.4 Å². The molecule has 3 nitrogen and oxygen atoms in total. The number of carbonyl (C=O) groups is 1. The van der Waals surface area contributed by atoms with E-state index in [1.54, 1.807) is 0 Å². The van der Waals surface area contributed by atoms with Crippen LogP contribution in [0.15, 0.2) is 18.2 Å². The van der Waals surface area contributed by atoms with Gasteiger partial charge in [-0.3, -0.25) is 4.79 Å². The molecule has 1 aromatic rings. The Morgan fingerprint density at radius 1 is 1.28 bits per heavy atom. The van der Waals surface area contributed by atoms with Gasteiger partial charge in [0.15, 0.2) is 0 Å². The van der Waals surface area contributed by atoms with Gasteiger partial charge < -0.3 is 10.6 Å². The number of rotatable bonds is 1. The zero-order chi connectivity index (χ0) is 12.7. The highest BCUT2D eigenvalue weighted by Gasteiger charge is 2.36. The average molecular weight is 244 g/mol. The molecular formula is C15H20N2O. The molecule has 1 saturated carbocycles. The van der Waals surface area contributed by atoms with Gasteiger partial charge in [0.05, 0.1) is 5.56 Å². The lowest BCUT2D eigenvalue weighted by Crippen LogP contribution is -2.39. The third-order valence-corrected chi connectivity index (χ3v) is 4.53. The summed E-state index contributed by atoms with van der Waals surface area (Å²) in [5.41, 5.74) is 8.58. The highest BCUT2D eigenvalue weighted by atomic mass is 16.2. The van der Waals surface area contributed by atoms with E-state index < -0.39 is 0 Å². The highest BCUT2D eigenvalue weighted by Crippen LogP contribution is 2.42. The molecule has 1 atom stereocenters. The number of amides is 1. The van der Waals surface area contributed by atoms with Gasteiger partial charge in [0.2, 0.25) is 0 Å². The van der Waals surface area contributed by atoms with Gasteiger partial charge in [0.1, 0.15) is 0 Å². The summed E-state index contributed by atoms with van der Waals surface area (Å²) in [5.74, 6) is 1.28. The molecule has 0 bridgehead atoms. The summed E-state index contributed by atoms with van der Waals surface area (Å²) in [7, 11) is 1.89. The molecule has 1 heterocycles. The van der Waals surface area contributed by atoms with Gasteiger partial charge in [-0.05, 0) is 30.4 Å². The van der Waals surface area contributed by atoms with Gasteiger partial charge in [-0.25, -0.2) is 0 Å². The van der Waals surface area contributed by atoms with Crippen molar-refractivity contribution in [3.63, 3.8) is 0 Å². The zero-order valence-electron chi connectivity index (χ0n) is 10.9. The molecule has 1 aliphatic carbocycles. The third-order valence-electron chi connectivity index (χ3n) is 4.53. The minimum Gasteiger partial charge on any atom is -0.398 e. The van der Waals surface area contributed by atoms with Crippen molar-refractivity contribution in [2.45, 2.75) is 31.6 Å². The Morgan fingerprint density at radius 3 is 2.72 bits per heavy atom. The molecule has 1 aromatic carbocycles. The summed E-state index contributed by atoms with van der Waals surface area (Å²) in [4.78, 5) is 14.1. The number of nitrogens with two attached hydrogens (primary N) is 1. The molecule has 96 valence electrons. The number of anilines is 1. The van der Waals surface area contributed by atoms with E-state index in [1.807, 2.05) is 24.1 Å². The minimum absolute atomic E-state index is 0.0809. The summed E-state index contributed by atoms with van der Waals surface area (Å²) in [5, 5.41) is 0. The number of likely N-dealkylation sites (N-methyl/N-ethyl adjacent to an activating group) is 1. The van der Waals surface area contributed by atoms with Crippen LogP contribution in [0.2, 0.25) is 0 Å². The first kappa shape index (κ1) is 11.6. The van der Waals surface area contributed by atoms with E-state index in [1.165, 1.54) is 31.2 Å². The molecule has 0 radical (unpaired) electrons. The van der Waals surface area contributed by atoms with Crippen molar-refractivity contribution in [3.05, 3.63) is 29.3 Å². The molecule has 0 spiro atoms. The summed E-state index contributed by atoms with van der Waals surface area (Å²) in [6.45, 7) is 0.847. The summed E-state index contributed by atoms with van der Waals surface area (Å²) < 4.78 is 0. The van der Waals surface area contributed by atoms with Crippen LogP contribution in [0.25, 0.3) is 0 Å². The second-order valence-corrected chi connectivity index (χ2v) is 5.65. The van der Waals surface area contributed by atoms with Gasteiger partial charge in [-0.2, -0.15) is 0 Å². The van der Waals surface area contributed by atoms with E-state index in [0.717, 1.165) is 18.0 Å². The fourth-order valence-corrected chi connectivity index (χ4v) is 3.57. The van der Waals surface area contributed by atoms with Crippen LogP contribution in [0.3, 0.4) is 0 Å². The monoisotopic (exact) mass is 244 g/mol. The lowest BCUT2D eigenvalue weighted by atomic mass is 9.79. The topological polar surface area (TPSA) is 46.3 Å². The highest BCUT2D eigenvalue weighted by molar-refractivity contribution is 6.01. The van der Waals surface area contributed by atoms with Gasteiger partial charge in [0, 0.05) is 25.2 Å². The number of hydrogen-bond donors (Lipinski definition) is 1. The SMILES string of the molecule is CN1CC(C2CCCC2)c2cccc(N)c2C1=O. The largest absolute Gasteiger partial charge is 0.398 e. The molecule has 0 saturated heterocycles. The van der Waals surface area contributed by atoms with Crippen LogP contribution in [0.5, 0.6) is 0 Å².